The number of primary amides is 1. The number of likely N-dealkylation sites (tertiary alicyclic amines) is 1. The number of aliphatic hydroxyl groups is 3. The summed E-state index contributed by atoms with van der Waals surface area (Å²) in [6, 6.07) is 9.14. The lowest BCUT2D eigenvalue weighted by Gasteiger charge is -2.50. The Hall–Kier alpha value is -4.52. The number of aromatic hydroxyl groups is 1. The highest BCUT2D eigenvalue weighted by molar-refractivity contribution is 6.24. The standard InChI is InChI=1S/C34H38N4O8/c1-37(2)28-22-15-18-14-21-20(17-6-8-19(9-7-17)36-24(40)16-38-12-4-3-5-13-38)10-11-23(39)26(21)29(41)25(18)31(43)34(22,46)32(44)27(30(28)42)33(35)45/h6-11,18,22,28,39,41,44,46H,3-5,12-16H2,1-2H3,(H2,35,45)(H,36,40)/t18-,22-,28-,34-/m0/s1. The zero-order valence-electron chi connectivity index (χ0n) is 25.7. The highest BCUT2D eigenvalue weighted by Crippen LogP contribution is 2.53. The third kappa shape index (κ3) is 4.97. The smallest absolute Gasteiger partial charge is 0.255 e. The van der Waals surface area contributed by atoms with Gasteiger partial charge in [0.15, 0.2) is 11.4 Å². The van der Waals surface area contributed by atoms with Crippen LogP contribution < -0.4 is 11.1 Å². The molecule has 1 aliphatic heterocycles. The number of nitrogens with one attached hydrogen (secondary N) is 1. The van der Waals surface area contributed by atoms with E-state index in [0.29, 0.717) is 23.4 Å². The van der Waals surface area contributed by atoms with E-state index in [4.69, 9.17) is 5.73 Å². The Morgan fingerprint density at radius 1 is 1.02 bits per heavy atom. The zero-order valence-corrected chi connectivity index (χ0v) is 25.7. The number of anilines is 1. The SMILES string of the molecule is CN(C)[C@@H]1C(=O)C(C(N)=O)=C(O)[C@@]2(O)C(=O)C3=C(O)c4c(O)ccc(-c5ccc(NC(=O)CN6CCCCC6)cc5)c4C[C@H]3C[C@@H]12. The monoisotopic (exact) mass is 630 g/mol. The molecule has 0 radical (unpaired) electrons. The Morgan fingerprint density at radius 2 is 1.70 bits per heavy atom. The molecular weight excluding hydrogens is 592 g/mol. The van der Waals surface area contributed by atoms with Crippen LogP contribution in [-0.4, -0.2) is 99.0 Å². The van der Waals surface area contributed by atoms with E-state index >= 15 is 0 Å². The van der Waals surface area contributed by atoms with Crippen LogP contribution in [0.3, 0.4) is 0 Å². The van der Waals surface area contributed by atoms with Crippen molar-refractivity contribution < 1.29 is 39.6 Å². The van der Waals surface area contributed by atoms with Crippen LogP contribution >= 0.6 is 0 Å². The maximum atomic E-state index is 14.0. The molecule has 2 amide bonds. The first-order valence-electron chi connectivity index (χ1n) is 15.5. The Morgan fingerprint density at radius 3 is 2.33 bits per heavy atom. The van der Waals surface area contributed by atoms with Crippen LogP contribution in [-0.2, 0) is 25.6 Å². The van der Waals surface area contributed by atoms with Crippen molar-refractivity contribution in [3.8, 4) is 16.9 Å². The van der Waals surface area contributed by atoms with Gasteiger partial charge in [-0.05, 0) is 93.7 Å². The van der Waals surface area contributed by atoms with E-state index in [1.54, 1.807) is 32.3 Å². The quantitative estimate of drug-likeness (QED) is 0.257. The number of phenols is 1. The van der Waals surface area contributed by atoms with Gasteiger partial charge < -0.3 is 31.5 Å². The zero-order chi connectivity index (χ0) is 33.1. The molecule has 2 fully saturated rings. The third-order valence-electron chi connectivity index (χ3n) is 9.90. The van der Waals surface area contributed by atoms with Gasteiger partial charge in [0.05, 0.1) is 18.2 Å². The van der Waals surface area contributed by atoms with Crippen molar-refractivity contribution in [3.63, 3.8) is 0 Å². The topological polar surface area (TPSA) is 194 Å². The van der Waals surface area contributed by atoms with Crippen LogP contribution in [0, 0.1) is 11.8 Å². The second-order valence-electron chi connectivity index (χ2n) is 12.9. The van der Waals surface area contributed by atoms with Gasteiger partial charge in [0.2, 0.25) is 11.7 Å². The number of phenolic OH excluding ortho intramolecular Hbond substituents is 1. The average molecular weight is 631 g/mol. The molecule has 0 spiro atoms. The first kappa shape index (κ1) is 31.5. The lowest BCUT2D eigenvalue weighted by Crippen LogP contribution is -2.65. The van der Waals surface area contributed by atoms with Crippen LogP contribution in [0.2, 0.25) is 0 Å². The molecule has 6 rings (SSSR count). The second kappa shape index (κ2) is 11.7. The summed E-state index contributed by atoms with van der Waals surface area (Å²) in [7, 11) is 3.12. The number of carbonyl (C=O) groups excluding carboxylic acids is 4. The van der Waals surface area contributed by atoms with Crippen LogP contribution in [0.15, 0.2) is 53.3 Å². The van der Waals surface area contributed by atoms with Gasteiger partial charge in [-0.25, -0.2) is 0 Å². The molecule has 3 aliphatic carbocycles. The van der Waals surface area contributed by atoms with Crippen molar-refractivity contribution in [2.24, 2.45) is 17.6 Å². The summed E-state index contributed by atoms with van der Waals surface area (Å²) in [6.07, 6.45) is 3.54. The van der Waals surface area contributed by atoms with Gasteiger partial charge in [0.1, 0.15) is 22.8 Å². The van der Waals surface area contributed by atoms with Crippen molar-refractivity contribution in [3.05, 3.63) is 64.4 Å². The third-order valence-corrected chi connectivity index (χ3v) is 9.90. The molecule has 1 saturated heterocycles. The number of hydrogen-bond donors (Lipinski definition) is 6. The summed E-state index contributed by atoms with van der Waals surface area (Å²) in [5.74, 6) is -7.01. The molecule has 2 aromatic carbocycles. The van der Waals surface area contributed by atoms with Crippen molar-refractivity contribution in [1.29, 1.82) is 0 Å². The highest BCUT2D eigenvalue weighted by Gasteiger charge is 2.64. The maximum absolute atomic E-state index is 14.0. The number of piperidine rings is 1. The number of carbonyl (C=O) groups is 4. The molecule has 12 heteroatoms. The van der Waals surface area contributed by atoms with Gasteiger partial charge in [-0.2, -0.15) is 0 Å². The Balaban J connectivity index is 1.35. The number of rotatable bonds is 6. The summed E-state index contributed by atoms with van der Waals surface area (Å²) in [5.41, 5.74) is 4.28. The summed E-state index contributed by atoms with van der Waals surface area (Å²) in [4.78, 5) is 55.8. The summed E-state index contributed by atoms with van der Waals surface area (Å²) in [6.45, 7) is 2.15. The number of likely N-dealkylation sites (N-methyl/N-ethyl adjacent to an activating group) is 1. The van der Waals surface area contributed by atoms with Crippen LogP contribution in [0.1, 0.15) is 36.8 Å². The number of aliphatic hydroxyl groups excluding tert-OH is 2. The molecule has 0 bridgehead atoms. The van der Waals surface area contributed by atoms with Gasteiger partial charge in [0.25, 0.3) is 5.91 Å². The minimum atomic E-state index is -2.69. The molecule has 1 saturated carbocycles. The molecule has 7 N–H and O–H groups in total. The van der Waals surface area contributed by atoms with Crippen molar-refractivity contribution >= 4 is 34.8 Å². The molecule has 4 atom stereocenters. The predicted octanol–water partition coefficient (Wildman–Crippen LogP) is 2.06. The summed E-state index contributed by atoms with van der Waals surface area (Å²) in [5, 5.41) is 48.1. The number of benzene rings is 2. The van der Waals surface area contributed by atoms with Crippen molar-refractivity contribution in [2.75, 3.05) is 39.0 Å². The van der Waals surface area contributed by atoms with E-state index in [9.17, 15) is 39.6 Å². The van der Waals surface area contributed by atoms with Gasteiger partial charge in [-0.1, -0.05) is 24.6 Å². The summed E-state index contributed by atoms with van der Waals surface area (Å²) >= 11 is 0. The number of Topliss-reactive ketones (excluding diaryl/α,β-unsaturated/α-hetero) is 2. The molecule has 2 aromatic rings. The van der Waals surface area contributed by atoms with Crippen LogP contribution in [0.5, 0.6) is 5.75 Å². The number of hydrogen-bond acceptors (Lipinski definition) is 10. The predicted molar refractivity (Wildman–Crippen MR) is 169 cm³/mol. The lowest BCUT2D eigenvalue weighted by atomic mass is 9.57. The summed E-state index contributed by atoms with van der Waals surface area (Å²) < 4.78 is 0. The van der Waals surface area contributed by atoms with Crippen molar-refractivity contribution in [1.82, 2.24) is 9.80 Å². The molecule has 46 heavy (non-hydrogen) atoms. The molecule has 0 aromatic heterocycles. The number of fused-ring (bicyclic) bond motifs is 3. The number of ketones is 2. The molecular formula is C34H38N4O8. The molecule has 1 heterocycles. The van der Waals surface area contributed by atoms with Crippen LogP contribution in [0.4, 0.5) is 5.69 Å². The number of amides is 2. The fourth-order valence-corrected chi connectivity index (χ4v) is 7.77. The molecule has 12 nitrogen and oxygen atoms in total. The van der Waals surface area contributed by atoms with E-state index in [2.05, 4.69) is 10.2 Å². The van der Waals surface area contributed by atoms with E-state index < -0.39 is 58.0 Å². The Kier molecular flexibility index (Phi) is 7.99. The average Bonchev–Trinajstić information content (AvgIpc) is 3.00. The highest BCUT2D eigenvalue weighted by atomic mass is 16.3. The Bertz CT molecular complexity index is 1710. The molecule has 242 valence electrons. The molecule has 4 aliphatic rings. The first-order chi connectivity index (χ1) is 21.8. The molecule has 0 unspecified atom stereocenters. The van der Waals surface area contributed by atoms with Crippen molar-refractivity contribution in [2.45, 2.75) is 43.7 Å². The fourth-order valence-electron chi connectivity index (χ4n) is 7.77. The van der Waals surface area contributed by atoms with Gasteiger partial charge >= 0.3 is 0 Å². The first-order valence-corrected chi connectivity index (χ1v) is 15.5. The normalized spacial score (nSPS) is 26.5. The second-order valence-corrected chi connectivity index (χ2v) is 12.9. The van der Waals surface area contributed by atoms with E-state index in [1.165, 1.54) is 17.4 Å². The number of nitrogens with two attached hydrogens (primary N) is 1. The van der Waals surface area contributed by atoms with Crippen LogP contribution in [0.25, 0.3) is 16.9 Å². The van der Waals surface area contributed by atoms with Gasteiger partial charge in [0, 0.05) is 17.2 Å². The van der Waals surface area contributed by atoms with E-state index in [1.807, 2.05) is 12.1 Å². The Labute approximate surface area is 265 Å². The maximum Gasteiger partial charge on any atom is 0.255 e. The van der Waals surface area contributed by atoms with Gasteiger partial charge in [-0.15, -0.1) is 0 Å². The number of nitrogens with zero attached hydrogens (tertiary/aromatic N) is 2. The minimum Gasteiger partial charge on any atom is -0.508 e. The largest absolute Gasteiger partial charge is 0.508 e. The fraction of sp³-hybridized carbons (Fsp3) is 0.412. The lowest BCUT2D eigenvalue weighted by molar-refractivity contribution is -0.153. The van der Waals surface area contributed by atoms with E-state index in [0.717, 1.165) is 31.5 Å². The van der Waals surface area contributed by atoms with Gasteiger partial charge in [-0.3, -0.25) is 29.0 Å². The van der Waals surface area contributed by atoms with E-state index in [-0.39, 0.29) is 35.6 Å². The minimum absolute atomic E-state index is 0.00282.